The van der Waals surface area contributed by atoms with Crippen molar-refractivity contribution >= 4 is 11.8 Å². The maximum absolute atomic E-state index is 12.0. The molecular formula is C16H14N2O4. The molecule has 0 aliphatic carbocycles. The maximum Gasteiger partial charge on any atom is 0.335 e. The molecule has 1 aromatic rings. The number of nitrogens with two attached hydrogens (primary N) is 1. The Kier molecular flexibility index (Phi) is 4.00. The number of hydrogen-bond acceptors (Lipinski definition) is 5. The van der Waals surface area contributed by atoms with Crippen LogP contribution in [0.1, 0.15) is 35.7 Å². The Bertz CT molecular complexity index is 769. The number of carbonyl (C=O) groups excluding carboxylic acids is 1. The number of ketones is 1. The number of allylic oxidation sites excluding steroid dienone is 3. The number of rotatable bonds is 3. The van der Waals surface area contributed by atoms with Gasteiger partial charge in [-0.3, -0.25) is 4.79 Å². The molecule has 0 amide bonds. The Balaban J connectivity index is 2.68. The SMILES string of the molecule is CC(=O)C1=C(C)OC(N)=C(C#N)C1c1cccc(C(=O)O)c1. The number of nitrogens with zero attached hydrogens (tertiary/aromatic N) is 1. The molecule has 1 unspecified atom stereocenters. The molecule has 0 bridgehead atoms. The van der Waals surface area contributed by atoms with Crippen molar-refractivity contribution in [3.8, 4) is 6.07 Å². The number of carboxylic acid groups (broad SMARTS) is 1. The fourth-order valence-corrected chi connectivity index (χ4v) is 2.52. The van der Waals surface area contributed by atoms with Crippen LogP contribution >= 0.6 is 0 Å². The number of Topliss-reactive ketones (excluding diaryl/α,β-unsaturated/α-hetero) is 1. The summed E-state index contributed by atoms with van der Waals surface area (Å²) in [5.74, 6) is -1.83. The maximum atomic E-state index is 12.0. The number of ether oxygens (including phenoxy) is 1. The molecule has 1 atom stereocenters. The van der Waals surface area contributed by atoms with E-state index in [0.717, 1.165) is 0 Å². The van der Waals surface area contributed by atoms with Crippen LogP contribution in [0.5, 0.6) is 0 Å². The molecular weight excluding hydrogens is 284 g/mol. The molecule has 0 spiro atoms. The van der Waals surface area contributed by atoms with Crippen LogP contribution in [0.4, 0.5) is 0 Å². The van der Waals surface area contributed by atoms with Crippen LogP contribution in [0.3, 0.4) is 0 Å². The zero-order valence-corrected chi connectivity index (χ0v) is 12.1. The van der Waals surface area contributed by atoms with Crippen LogP contribution in [-0.2, 0) is 9.53 Å². The standard InChI is InChI=1S/C16H14N2O4/c1-8(19)13-9(2)22-15(18)12(7-17)14(13)10-4-3-5-11(6-10)16(20)21/h3-6,14H,18H2,1-2H3,(H,20,21). The van der Waals surface area contributed by atoms with Gasteiger partial charge in [-0.2, -0.15) is 5.26 Å². The van der Waals surface area contributed by atoms with E-state index in [1.807, 2.05) is 6.07 Å². The number of hydrogen-bond donors (Lipinski definition) is 2. The molecule has 0 radical (unpaired) electrons. The number of benzene rings is 1. The number of carbonyl (C=O) groups is 2. The third kappa shape index (κ3) is 2.56. The summed E-state index contributed by atoms with van der Waals surface area (Å²) < 4.78 is 5.27. The minimum atomic E-state index is -1.09. The molecule has 3 N–H and O–H groups in total. The van der Waals surface area contributed by atoms with Crippen molar-refractivity contribution in [2.75, 3.05) is 0 Å². The van der Waals surface area contributed by atoms with Crippen LogP contribution in [0, 0.1) is 11.3 Å². The lowest BCUT2D eigenvalue weighted by Gasteiger charge is -2.26. The fraction of sp³-hybridized carbons (Fsp3) is 0.188. The molecule has 112 valence electrons. The molecule has 0 fully saturated rings. The molecule has 6 heteroatoms. The third-order valence-electron chi connectivity index (χ3n) is 3.45. The van der Waals surface area contributed by atoms with Gasteiger partial charge in [0.05, 0.1) is 11.5 Å². The van der Waals surface area contributed by atoms with Gasteiger partial charge in [-0.25, -0.2) is 4.79 Å². The zero-order valence-electron chi connectivity index (χ0n) is 12.1. The summed E-state index contributed by atoms with van der Waals surface area (Å²) in [5, 5.41) is 18.4. The molecule has 6 nitrogen and oxygen atoms in total. The second-order valence-corrected chi connectivity index (χ2v) is 4.88. The van der Waals surface area contributed by atoms with Gasteiger partial charge in [0, 0.05) is 5.57 Å². The Morgan fingerprint density at radius 3 is 2.64 bits per heavy atom. The highest BCUT2D eigenvalue weighted by atomic mass is 16.5. The van der Waals surface area contributed by atoms with E-state index in [1.165, 1.54) is 19.1 Å². The largest absolute Gasteiger partial charge is 0.478 e. The first-order valence-corrected chi connectivity index (χ1v) is 6.49. The normalized spacial score (nSPS) is 17.8. The van der Waals surface area contributed by atoms with E-state index in [4.69, 9.17) is 15.6 Å². The Hall–Kier alpha value is -3.07. The van der Waals surface area contributed by atoms with E-state index in [2.05, 4.69) is 0 Å². The van der Waals surface area contributed by atoms with Crippen LogP contribution in [0.15, 0.2) is 47.1 Å². The number of carboxylic acids is 1. The van der Waals surface area contributed by atoms with Gasteiger partial charge >= 0.3 is 5.97 Å². The smallest absolute Gasteiger partial charge is 0.335 e. The molecule has 0 saturated carbocycles. The van der Waals surface area contributed by atoms with Crippen molar-refractivity contribution in [3.05, 3.63) is 58.2 Å². The van der Waals surface area contributed by atoms with Crippen molar-refractivity contribution in [2.24, 2.45) is 5.73 Å². The summed E-state index contributed by atoms with van der Waals surface area (Å²) >= 11 is 0. The van der Waals surface area contributed by atoms with Crippen LogP contribution < -0.4 is 5.73 Å². The molecule has 1 aromatic carbocycles. The molecule has 1 heterocycles. The highest BCUT2D eigenvalue weighted by Crippen LogP contribution is 2.39. The van der Waals surface area contributed by atoms with Gasteiger partial charge in [-0.15, -0.1) is 0 Å². The molecule has 0 saturated heterocycles. The van der Waals surface area contributed by atoms with Crippen molar-refractivity contribution in [1.82, 2.24) is 0 Å². The van der Waals surface area contributed by atoms with E-state index in [-0.39, 0.29) is 22.8 Å². The lowest BCUT2D eigenvalue weighted by molar-refractivity contribution is -0.114. The molecule has 1 aliphatic heterocycles. The van der Waals surface area contributed by atoms with Gasteiger partial charge in [0.15, 0.2) is 5.78 Å². The topological polar surface area (TPSA) is 113 Å². The first-order chi connectivity index (χ1) is 10.4. The number of nitriles is 1. The van der Waals surface area contributed by atoms with E-state index >= 15 is 0 Å². The highest BCUT2D eigenvalue weighted by Gasteiger charge is 2.33. The Morgan fingerprint density at radius 2 is 2.09 bits per heavy atom. The average molecular weight is 298 g/mol. The first kappa shape index (κ1) is 15.3. The summed E-state index contributed by atoms with van der Waals surface area (Å²) in [5.41, 5.74) is 6.71. The fourth-order valence-electron chi connectivity index (χ4n) is 2.52. The van der Waals surface area contributed by atoms with Crippen molar-refractivity contribution in [2.45, 2.75) is 19.8 Å². The van der Waals surface area contributed by atoms with Gasteiger partial charge in [0.2, 0.25) is 5.88 Å². The third-order valence-corrected chi connectivity index (χ3v) is 3.45. The van der Waals surface area contributed by atoms with Gasteiger partial charge in [0.25, 0.3) is 0 Å². The summed E-state index contributed by atoms with van der Waals surface area (Å²) in [6.45, 7) is 2.96. The summed E-state index contributed by atoms with van der Waals surface area (Å²) in [4.78, 5) is 23.1. The summed E-state index contributed by atoms with van der Waals surface area (Å²) in [6.07, 6.45) is 0. The van der Waals surface area contributed by atoms with Crippen LogP contribution in [0.2, 0.25) is 0 Å². The highest BCUT2D eigenvalue weighted by molar-refractivity contribution is 5.97. The van der Waals surface area contributed by atoms with Gasteiger partial charge < -0.3 is 15.6 Å². The van der Waals surface area contributed by atoms with Crippen molar-refractivity contribution in [3.63, 3.8) is 0 Å². The predicted octanol–water partition coefficient (Wildman–Crippen LogP) is 2.06. The lowest BCUT2D eigenvalue weighted by Crippen LogP contribution is -2.23. The second kappa shape index (κ2) is 5.74. The first-order valence-electron chi connectivity index (χ1n) is 6.49. The summed E-state index contributed by atoms with van der Waals surface area (Å²) in [6, 6.07) is 8.04. The number of aromatic carboxylic acids is 1. The molecule has 22 heavy (non-hydrogen) atoms. The minimum Gasteiger partial charge on any atom is -0.478 e. The van der Waals surface area contributed by atoms with Gasteiger partial charge in [-0.05, 0) is 31.5 Å². The van der Waals surface area contributed by atoms with Crippen molar-refractivity contribution < 1.29 is 19.4 Å². The molecule has 2 rings (SSSR count). The van der Waals surface area contributed by atoms with Crippen LogP contribution in [-0.4, -0.2) is 16.9 Å². The van der Waals surface area contributed by atoms with Gasteiger partial charge in [-0.1, -0.05) is 12.1 Å². The van der Waals surface area contributed by atoms with E-state index in [1.54, 1.807) is 19.1 Å². The quantitative estimate of drug-likeness (QED) is 0.882. The second-order valence-electron chi connectivity index (χ2n) is 4.88. The summed E-state index contributed by atoms with van der Waals surface area (Å²) in [7, 11) is 0. The zero-order chi connectivity index (χ0) is 16.4. The van der Waals surface area contributed by atoms with Crippen LogP contribution in [0.25, 0.3) is 0 Å². The van der Waals surface area contributed by atoms with Gasteiger partial charge in [0.1, 0.15) is 17.4 Å². The van der Waals surface area contributed by atoms with E-state index in [9.17, 15) is 14.9 Å². The average Bonchev–Trinajstić information content (AvgIpc) is 2.46. The van der Waals surface area contributed by atoms with Crippen molar-refractivity contribution in [1.29, 1.82) is 5.26 Å². The predicted molar refractivity (Wildman–Crippen MR) is 77.4 cm³/mol. The Labute approximate surface area is 127 Å². The molecule has 0 aromatic heterocycles. The Morgan fingerprint density at radius 1 is 1.41 bits per heavy atom. The molecule has 1 aliphatic rings. The van der Waals surface area contributed by atoms with E-state index in [0.29, 0.717) is 16.9 Å². The monoisotopic (exact) mass is 298 g/mol. The lowest BCUT2D eigenvalue weighted by atomic mass is 9.81. The van der Waals surface area contributed by atoms with E-state index < -0.39 is 11.9 Å². The minimum absolute atomic E-state index is 0.0698.